The zero-order chi connectivity index (χ0) is 14.2. The molecule has 1 saturated heterocycles. The Hall–Kier alpha value is -0.330. The van der Waals surface area contributed by atoms with E-state index in [1.54, 1.807) is 12.1 Å². The van der Waals surface area contributed by atoms with Crippen LogP contribution in [0.2, 0.25) is 10.0 Å². The Morgan fingerprint density at radius 2 is 2.11 bits per heavy atom. The fraction of sp³-hybridized carbons (Fsp3) is 0.500. The van der Waals surface area contributed by atoms with E-state index in [0.717, 1.165) is 6.42 Å². The number of nitrogens with two attached hydrogens (primary N) is 1. The maximum Gasteiger partial charge on any atom is 0.244 e. The molecule has 0 aromatic heterocycles. The third kappa shape index (κ3) is 2.76. The van der Waals surface area contributed by atoms with Gasteiger partial charge in [0.2, 0.25) is 10.0 Å². The summed E-state index contributed by atoms with van der Waals surface area (Å²) in [6.45, 7) is 2.80. The van der Waals surface area contributed by atoms with E-state index in [1.807, 2.05) is 6.92 Å². The topological polar surface area (TPSA) is 63.4 Å². The normalized spacial score (nSPS) is 24.8. The summed E-state index contributed by atoms with van der Waals surface area (Å²) in [7, 11) is -3.62. The van der Waals surface area contributed by atoms with Gasteiger partial charge in [0.15, 0.2) is 0 Å². The highest BCUT2D eigenvalue weighted by Gasteiger charge is 2.38. The standard InChI is InChI=1S/C12H16Cl2N2O2S/c1-8-5-9(6-15)7-16(8)19(17,18)11-4-2-3-10(13)12(11)14/h2-4,8-9H,5-7,15H2,1H3. The molecule has 1 aromatic carbocycles. The summed E-state index contributed by atoms with van der Waals surface area (Å²) in [5.41, 5.74) is 5.63. The minimum absolute atomic E-state index is 0.0613. The van der Waals surface area contributed by atoms with Crippen LogP contribution in [0.15, 0.2) is 23.1 Å². The number of rotatable bonds is 3. The molecule has 2 atom stereocenters. The van der Waals surface area contributed by atoms with Crippen molar-refractivity contribution in [3.63, 3.8) is 0 Å². The molecule has 1 aliphatic heterocycles. The molecule has 2 rings (SSSR count). The Labute approximate surface area is 123 Å². The summed E-state index contributed by atoms with van der Waals surface area (Å²) in [4.78, 5) is 0.0613. The minimum Gasteiger partial charge on any atom is -0.330 e. The molecule has 0 saturated carbocycles. The quantitative estimate of drug-likeness (QED) is 0.929. The minimum atomic E-state index is -3.62. The highest BCUT2D eigenvalue weighted by molar-refractivity contribution is 7.89. The van der Waals surface area contributed by atoms with Crippen LogP contribution in [-0.2, 0) is 10.0 Å². The van der Waals surface area contributed by atoms with E-state index in [0.29, 0.717) is 13.1 Å². The highest BCUT2D eigenvalue weighted by atomic mass is 35.5. The fourth-order valence-electron chi connectivity index (χ4n) is 2.42. The van der Waals surface area contributed by atoms with Crippen LogP contribution in [0.4, 0.5) is 0 Å². The van der Waals surface area contributed by atoms with Crippen LogP contribution >= 0.6 is 23.2 Å². The van der Waals surface area contributed by atoms with Crippen molar-refractivity contribution in [2.75, 3.05) is 13.1 Å². The molecule has 0 spiro atoms. The molecule has 1 heterocycles. The molecule has 0 amide bonds. The molecule has 1 aromatic rings. The van der Waals surface area contributed by atoms with Gasteiger partial charge in [-0.15, -0.1) is 0 Å². The molecule has 2 N–H and O–H groups in total. The maximum absolute atomic E-state index is 12.6. The van der Waals surface area contributed by atoms with Gasteiger partial charge in [-0.1, -0.05) is 29.3 Å². The summed E-state index contributed by atoms with van der Waals surface area (Å²) in [6, 6.07) is 4.56. The van der Waals surface area contributed by atoms with Crippen molar-refractivity contribution in [1.29, 1.82) is 0 Å². The number of benzene rings is 1. The Morgan fingerprint density at radius 3 is 2.68 bits per heavy atom. The largest absolute Gasteiger partial charge is 0.330 e. The van der Waals surface area contributed by atoms with E-state index in [4.69, 9.17) is 28.9 Å². The van der Waals surface area contributed by atoms with E-state index in [9.17, 15) is 8.42 Å². The van der Waals surface area contributed by atoms with Crippen molar-refractivity contribution in [3.8, 4) is 0 Å². The van der Waals surface area contributed by atoms with Gasteiger partial charge in [0.1, 0.15) is 4.90 Å². The molecular weight excluding hydrogens is 307 g/mol. The van der Waals surface area contributed by atoms with Crippen LogP contribution < -0.4 is 5.73 Å². The Morgan fingerprint density at radius 1 is 1.42 bits per heavy atom. The second-order valence-corrected chi connectivity index (χ2v) is 7.46. The van der Waals surface area contributed by atoms with E-state index in [-0.39, 0.29) is 26.9 Å². The summed E-state index contributed by atoms with van der Waals surface area (Å²) in [5, 5.41) is 0.317. The Kier molecular flexibility index (Phi) is 4.42. The Balaban J connectivity index is 2.41. The van der Waals surface area contributed by atoms with Gasteiger partial charge in [0.05, 0.1) is 10.0 Å². The lowest BCUT2D eigenvalue weighted by molar-refractivity contribution is 0.404. The number of hydrogen-bond acceptors (Lipinski definition) is 3. The highest BCUT2D eigenvalue weighted by Crippen LogP contribution is 2.34. The molecule has 4 nitrogen and oxygen atoms in total. The van der Waals surface area contributed by atoms with Crippen molar-refractivity contribution in [3.05, 3.63) is 28.2 Å². The van der Waals surface area contributed by atoms with E-state index < -0.39 is 10.0 Å². The molecule has 0 radical (unpaired) electrons. The van der Waals surface area contributed by atoms with Gasteiger partial charge in [-0.25, -0.2) is 8.42 Å². The molecule has 7 heteroatoms. The van der Waals surface area contributed by atoms with E-state index in [2.05, 4.69) is 0 Å². The van der Waals surface area contributed by atoms with Gasteiger partial charge in [-0.3, -0.25) is 0 Å². The van der Waals surface area contributed by atoms with E-state index in [1.165, 1.54) is 10.4 Å². The van der Waals surface area contributed by atoms with Crippen molar-refractivity contribution in [1.82, 2.24) is 4.31 Å². The lowest BCUT2D eigenvalue weighted by Crippen LogP contribution is -2.34. The zero-order valence-electron chi connectivity index (χ0n) is 10.5. The molecule has 0 aliphatic carbocycles. The first kappa shape index (κ1) is 15.1. The molecule has 1 aliphatic rings. The summed E-state index contributed by atoms with van der Waals surface area (Å²) in [5.74, 6) is 0.197. The van der Waals surface area contributed by atoms with Gasteiger partial charge in [-0.2, -0.15) is 4.31 Å². The molecule has 19 heavy (non-hydrogen) atoms. The first-order chi connectivity index (χ1) is 8.87. The third-order valence-corrected chi connectivity index (χ3v) is 6.39. The van der Waals surface area contributed by atoms with Crippen LogP contribution in [0.25, 0.3) is 0 Å². The lowest BCUT2D eigenvalue weighted by Gasteiger charge is -2.21. The van der Waals surface area contributed by atoms with Gasteiger partial charge >= 0.3 is 0 Å². The van der Waals surface area contributed by atoms with Crippen LogP contribution in [0, 0.1) is 5.92 Å². The summed E-state index contributed by atoms with van der Waals surface area (Å²) in [6.07, 6.45) is 0.772. The number of halogens is 2. The van der Waals surface area contributed by atoms with Gasteiger partial charge in [-0.05, 0) is 37.9 Å². The predicted octanol–water partition coefficient (Wildman–Crippen LogP) is 2.35. The zero-order valence-corrected chi connectivity index (χ0v) is 12.8. The molecule has 106 valence electrons. The number of sulfonamides is 1. The van der Waals surface area contributed by atoms with Gasteiger partial charge in [0.25, 0.3) is 0 Å². The predicted molar refractivity (Wildman–Crippen MR) is 77.0 cm³/mol. The van der Waals surface area contributed by atoms with Crippen LogP contribution in [0.3, 0.4) is 0 Å². The van der Waals surface area contributed by atoms with Crippen molar-refractivity contribution in [2.45, 2.75) is 24.3 Å². The number of nitrogens with zero attached hydrogens (tertiary/aromatic N) is 1. The third-order valence-electron chi connectivity index (χ3n) is 3.44. The molecular formula is C12H16Cl2N2O2S. The van der Waals surface area contributed by atoms with Crippen molar-refractivity contribution in [2.24, 2.45) is 11.7 Å². The van der Waals surface area contributed by atoms with E-state index >= 15 is 0 Å². The summed E-state index contributed by atoms with van der Waals surface area (Å²) < 4.78 is 26.7. The molecule has 2 unspecified atom stereocenters. The second-order valence-electron chi connectivity index (χ2n) is 4.81. The van der Waals surface area contributed by atoms with Crippen LogP contribution in [0.1, 0.15) is 13.3 Å². The second kappa shape index (κ2) is 5.58. The smallest absolute Gasteiger partial charge is 0.244 e. The monoisotopic (exact) mass is 322 g/mol. The van der Waals surface area contributed by atoms with Gasteiger partial charge < -0.3 is 5.73 Å². The molecule has 0 bridgehead atoms. The maximum atomic E-state index is 12.6. The van der Waals surface area contributed by atoms with Crippen LogP contribution in [0.5, 0.6) is 0 Å². The Bertz CT molecular complexity index is 577. The SMILES string of the molecule is CC1CC(CN)CN1S(=O)(=O)c1cccc(Cl)c1Cl. The van der Waals surface area contributed by atoms with Gasteiger partial charge in [0, 0.05) is 12.6 Å². The first-order valence-corrected chi connectivity index (χ1v) is 8.23. The van der Waals surface area contributed by atoms with Crippen LogP contribution in [-0.4, -0.2) is 31.9 Å². The fourth-order valence-corrected chi connectivity index (χ4v) is 4.88. The summed E-state index contributed by atoms with van der Waals surface area (Å²) >= 11 is 11.9. The first-order valence-electron chi connectivity index (χ1n) is 6.04. The van der Waals surface area contributed by atoms with Crippen molar-refractivity contribution >= 4 is 33.2 Å². The lowest BCUT2D eigenvalue weighted by atomic mass is 10.1. The average molecular weight is 323 g/mol. The number of hydrogen-bond donors (Lipinski definition) is 1. The average Bonchev–Trinajstić information content (AvgIpc) is 2.74. The van der Waals surface area contributed by atoms with Crippen molar-refractivity contribution < 1.29 is 8.42 Å². The molecule has 1 fully saturated rings.